The van der Waals surface area contributed by atoms with Crippen molar-refractivity contribution in [3.8, 4) is 5.75 Å². The van der Waals surface area contributed by atoms with Crippen molar-refractivity contribution in [2.75, 3.05) is 0 Å². The molecule has 0 amide bonds. The Labute approximate surface area is 116 Å². The quantitative estimate of drug-likeness (QED) is 0.848. The number of rotatable bonds is 5. The zero-order valence-corrected chi connectivity index (χ0v) is 12.1. The molecule has 1 N–H and O–H groups in total. The van der Waals surface area contributed by atoms with Crippen LogP contribution in [0.2, 0.25) is 0 Å². The minimum atomic E-state index is -0.414. The van der Waals surface area contributed by atoms with Gasteiger partial charge < -0.3 is 9.84 Å². The SMILES string of the molecule is CCC1CCC(Oc2ccccc2C(O)CC)CC1. The van der Waals surface area contributed by atoms with Gasteiger partial charge in [0.25, 0.3) is 0 Å². The van der Waals surface area contributed by atoms with E-state index in [4.69, 9.17) is 4.74 Å². The summed E-state index contributed by atoms with van der Waals surface area (Å²) in [5.41, 5.74) is 0.933. The lowest BCUT2D eigenvalue weighted by Crippen LogP contribution is -2.24. The van der Waals surface area contributed by atoms with E-state index in [-0.39, 0.29) is 0 Å². The maximum Gasteiger partial charge on any atom is 0.125 e. The highest BCUT2D eigenvalue weighted by molar-refractivity contribution is 5.35. The molecule has 2 nitrogen and oxygen atoms in total. The van der Waals surface area contributed by atoms with E-state index in [2.05, 4.69) is 6.92 Å². The topological polar surface area (TPSA) is 29.5 Å². The van der Waals surface area contributed by atoms with Crippen molar-refractivity contribution in [1.82, 2.24) is 0 Å². The molecule has 1 aromatic carbocycles. The first-order valence-electron chi connectivity index (χ1n) is 7.68. The van der Waals surface area contributed by atoms with Crippen molar-refractivity contribution in [2.45, 2.75) is 64.6 Å². The normalized spacial score (nSPS) is 25.0. The average molecular weight is 262 g/mol. The van der Waals surface area contributed by atoms with Crippen LogP contribution in [0.4, 0.5) is 0 Å². The number of aliphatic hydroxyl groups excluding tert-OH is 1. The van der Waals surface area contributed by atoms with Crippen molar-refractivity contribution in [1.29, 1.82) is 0 Å². The number of benzene rings is 1. The van der Waals surface area contributed by atoms with Crippen molar-refractivity contribution in [3.05, 3.63) is 29.8 Å². The fraction of sp³-hybridized carbons (Fsp3) is 0.647. The van der Waals surface area contributed by atoms with E-state index >= 15 is 0 Å². The fourth-order valence-electron chi connectivity index (χ4n) is 2.92. The lowest BCUT2D eigenvalue weighted by molar-refractivity contribution is 0.119. The Balaban J connectivity index is 1.99. The summed E-state index contributed by atoms with van der Waals surface area (Å²) in [6.45, 7) is 4.27. The fourth-order valence-corrected chi connectivity index (χ4v) is 2.92. The molecular formula is C17H26O2. The summed E-state index contributed by atoms with van der Waals surface area (Å²) >= 11 is 0. The second-order valence-corrected chi connectivity index (χ2v) is 5.63. The number of aliphatic hydroxyl groups is 1. The van der Waals surface area contributed by atoms with Crippen LogP contribution >= 0.6 is 0 Å². The Bertz CT molecular complexity index is 381. The zero-order chi connectivity index (χ0) is 13.7. The minimum absolute atomic E-state index is 0.327. The van der Waals surface area contributed by atoms with Gasteiger partial charge >= 0.3 is 0 Å². The van der Waals surface area contributed by atoms with Crippen LogP contribution in [0.1, 0.15) is 64.0 Å². The van der Waals surface area contributed by atoms with Crippen LogP contribution in [0.25, 0.3) is 0 Å². The van der Waals surface area contributed by atoms with Gasteiger partial charge in [-0.2, -0.15) is 0 Å². The van der Waals surface area contributed by atoms with E-state index in [1.807, 2.05) is 31.2 Å². The Kier molecular flexibility index (Phi) is 5.26. The van der Waals surface area contributed by atoms with Crippen molar-refractivity contribution >= 4 is 0 Å². The van der Waals surface area contributed by atoms with Crippen LogP contribution in [0.5, 0.6) is 5.75 Å². The molecule has 1 saturated carbocycles. The molecular weight excluding hydrogens is 236 g/mol. The minimum Gasteiger partial charge on any atom is -0.490 e. The summed E-state index contributed by atoms with van der Waals surface area (Å²) < 4.78 is 6.14. The molecule has 2 heteroatoms. The van der Waals surface area contributed by atoms with Crippen LogP contribution in [-0.4, -0.2) is 11.2 Å². The van der Waals surface area contributed by atoms with Gasteiger partial charge in [-0.1, -0.05) is 38.5 Å². The van der Waals surface area contributed by atoms with Crippen molar-refractivity contribution < 1.29 is 9.84 Å². The first-order chi connectivity index (χ1) is 9.24. The molecule has 2 rings (SSSR count). The monoisotopic (exact) mass is 262 g/mol. The van der Waals surface area contributed by atoms with Gasteiger partial charge in [0.1, 0.15) is 5.75 Å². The predicted octanol–water partition coefficient (Wildman–Crippen LogP) is 4.48. The maximum absolute atomic E-state index is 10.0. The molecule has 1 unspecified atom stereocenters. The van der Waals surface area contributed by atoms with Gasteiger partial charge in [-0.25, -0.2) is 0 Å². The lowest BCUT2D eigenvalue weighted by Gasteiger charge is -2.29. The molecule has 0 heterocycles. The Hall–Kier alpha value is -1.02. The summed E-state index contributed by atoms with van der Waals surface area (Å²) in [5, 5.41) is 10.0. The molecule has 0 saturated heterocycles. The summed E-state index contributed by atoms with van der Waals surface area (Å²) in [6.07, 6.45) is 6.78. The van der Waals surface area contributed by atoms with Crippen molar-refractivity contribution in [3.63, 3.8) is 0 Å². The maximum atomic E-state index is 10.0. The molecule has 19 heavy (non-hydrogen) atoms. The first-order valence-corrected chi connectivity index (χ1v) is 7.68. The smallest absolute Gasteiger partial charge is 0.125 e. The molecule has 1 aliphatic carbocycles. The third-order valence-corrected chi connectivity index (χ3v) is 4.33. The Morgan fingerprint density at radius 1 is 1.16 bits per heavy atom. The standard InChI is InChI=1S/C17H26O2/c1-3-13-9-11-14(12-10-13)19-17-8-6-5-7-15(17)16(18)4-2/h5-8,13-14,16,18H,3-4,9-12H2,1-2H3. The Morgan fingerprint density at radius 3 is 2.47 bits per heavy atom. The van der Waals surface area contributed by atoms with E-state index in [1.165, 1.54) is 19.3 Å². The largest absolute Gasteiger partial charge is 0.490 e. The third-order valence-electron chi connectivity index (χ3n) is 4.33. The van der Waals surface area contributed by atoms with E-state index in [0.717, 1.165) is 36.5 Å². The second-order valence-electron chi connectivity index (χ2n) is 5.63. The molecule has 0 spiro atoms. The van der Waals surface area contributed by atoms with Gasteiger partial charge in [0.2, 0.25) is 0 Å². The Morgan fingerprint density at radius 2 is 1.84 bits per heavy atom. The van der Waals surface area contributed by atoms with Crippen LogP contribution in [0, 0.1) is 5.92 Å². The molecule has 1 fully saturated rings. The molecule has 0 aliphatic heterocycles. The lowest BCUT2D eigenvalue weighted by atomic mass is 9.86. The predicted molar refractivity (Wildman–Crippen MR) is 78.4 cm³/mol. The van der Waals surface area contributed by atoms with Gasteiger partial charge in [0.15, 0.2) is 0 Å². The van der Waals surface area contributed by atoms with E-state index in [0.29, 0.717) is 6.10 Å². The number of hydrogen-bond donors (Lipinski definition) is 1. The number of ether oxygens (including phenoxy) is 1. The summed E-state index contributed by atoms with van der Waals surface area (Å²) in [7, 11) is 0. The van der Waals surface area contributed by atoms with Crippen LogP contribution in [0.15, 0.2) is 24.3 Å². The van der Waals surface area contributed by atoms with Gasteiger partial charge in [-0.05, 0) is 44.1 Å². The first kappa shape index (κ1) is 14.4. The summed E-state index contributed by atoms with van der Waals surface area (Å²) in [6, 6.07) is 7.91. The van der Waals surface area contributed by atoms with E-state index < -0.39 is 6.10 Å². The molecule has 1 aliphatic rings. The van der Waals surface area contributed by atoms with Crippen LogP contribution in [0.3, 0.4) is 0 Å². The van der Waals surface area contributed by atoms with Crippen LogP contribution in [-0.2, 0) is 0 Å². The molecule has 1 atom stereocenters. The van der Waals surface area contributed by atoms with Gasteiger partial charge in [-0.3, -0.25) is 0 Å². The van der Waals surface area contributed by atoms with Gasteiger partial charge in [0.05, 0.1) is 12.2 Å². The van der Waals surface area contributed by atoms with Crippen molar-refractivity contribution in [2.24, 2.45) is 5.92 Å². The number of hydrogen-bond acceptors (Lipinski definition) is 2. The van der Waals surface area contributed by atoms with Gasteiger partial charge in [0, 0.05) is 5.56 Å². The van der Waals surface area contributed by atoms with E-state index in [1.54, 1.807) is 0 Å². The zero-order valence-electron chi connectivity index (χ0n) is 12.1. The second kappa shape index (κ2) is 6.95. The molecule has 0 aromatic heterocycles. The summed E-state index contributed by atoms with van der Waals surface area (Å²) in [5.74, 6) is 1.76. The highest BCUT2D eigenvalue weighted by Crippen LogP contribution is 2.32. The third kappa shape index (κ3) is 3.73. The van der Waals surface area contributed by atoms with E-state index in [9.17, 15) is 5.11 Å². The molecule has 106 valence electrons. The van der Waals surface area contributed by atoms with Gasteiger partial charge in [-0.15, -0.1) is 0 Å². The molecule has 1 aromatic rings. The number of para-hydroxylation sites is 1. The highest BCUT2D eigenvalue weighted by atomic mass is 16.5. The van der Waals surface area contributed by atoms with Crippen LogP contribution < -0.4 is 4.74 Å². The molecule has 0 bridgehead atoms. The molecule has 0 radical (unpaired) electrons. The average Bonchev–Trinajstić information content (AvgIpc) is 2.48. The summed E-state index contributed by atoms with van der Waals surface area (Å²) in [4.78, 5) is 0. The highest BCUT2D eigenvalue weighted by Gasteiger charge is 2.22.